The molecule has 6 nitrogen and oxygen atoms in total. The number of para-hydroxylation sites is 1. The molecular formula is C28H23ClN4O2. The van der Waals surface area contributed by atoms with E-state index in [1.807, 2.05) is 74.5 Å². The Hall–Kier alpha value is -4.16. The first-order chi connectivity index (χ1) is 16.9. The van der Waals surface area contributed by atoms with Crippen molar-refractivity contribution in [2.24, 2.45) is 0 Å². The number of halogens is 1. The lowest BCUT2D eigenvalue weighted by Gasteiger charge is -2.14. The number of pyridine rings is 1. The molecule has 1 amide bonds. The molecule has 3 aromatic carbocycles. The van der Waals surface area contributed by atoms with Gasteiger partial charge in [0.1, 0.15) is 12.2 Å². The molecule has 0 fully saturated rings. The van der Waals surface area contributed by atoms with Crippen molar-refractivity contribution < 1.29 is 4.79 Å². The number of carbonyl (C=O) groups excluding carboxylic acids is 1. The minimum absolute atomic E-state index is 0.172. The lowest BCUT2D eigenvalue weighted by molar-refractivity contribution is -0.116. The van der Waals surface area contributed by atoms with Gasteiger partial charge < -0.3 is 5.32 Å². The molecule has 35 heavy (non-hydrogen) atoms. The van der Waals surface area contributed by atoms with Crippen LogP contribution in [0.25, 0.3) is 27.8 Å². The lowest BCUT2D eigenvalue weighted by atomic mass is 10.0. The minimum atomic E-state index is -0.329. The van der Waals surface area contributed by atoms with Crippen LogP contribution in [-0.4, -0.2) is 20.3 Å². The number of nitrogens with zero attached hydrogens (tertiary/aromatic N) is 3. The zero-order valence-corrected chi connectivity index (χ0v) is 20.1. The average Bonchev–Trinajstić information content (AvgIpc) is 3.22. The van der Waals surface area contributed by atoms with Crippen LogP contribution < -0.4 is 10.9 Å². The lowest BCUT2D eigenvalue weighted by Crippen LogP contribution is -2.29. The van der Waals surface area contributed by atoms with Crippen LogP contribution in [0.2, 0.25) is 5.02 Å². The third-order valence-corrected chi connectivity index (χ3v) is 6.43. The first-order valence-corrected chi connectivity index (χ1v) is 11.6. The van der Waals surface area contributed by atoms with Crippen molar-refractivity contribution in [3.8, 4) is 16.8 Å². The molecular weight excluding hydrogens is 460 g/mol. The smallest absolute Gasteiger partial charge is 0.253 e. The molecule has 7 heteroatoms. The molecule has 0 spiro atoms. The minimum Gasteiger partial charge on any atom is -0.324 e. The van der Waals surface area contributed by atoms with Gasteiger partial charge in [-0.1, -0.05) is 66.2 Å². The molecule has 0 unspecified atom stereocenters. The summed E-state index contributed by atoms with van der Waals surface area (Å²) in [6.45, 7) is 3.58. The summed E-state index contributed by atoms with van der Waals surface area (Å²) < 4.78 is 3.21. The molecule has 1 N–H and O–H groups in total. The molecule has 0 saturated carbocycles. The fraction of sp³-hybridized carbons (Fsp3) is 0.107. The largest absolute Gasteiger partial charge is 0.324 e. The number of hydrogen-bond donors (Lipinski definition) is 1. The Labute approximate surface area is 207 Å². The van der Waals surface area contributed by atoms with Crippen molar-refractivity contribution in [3.63, 3.8) is 0 Å². The van der Waals surface area contributed by atoms with Gasteiger partial charge in [0.05, 0.1) is 11.4 Å². The molecule has 0 atom stereocenters. The van der Waals surface area contributed by atoms with Crippen LogP contribution in [0.4, 0.5) is 5.69 Å². The van der Waals surface area contributed by atoms with Crippen LogP contribution >= 0.6 is 11.6 Å². The third-order valence-electron chi connectivity index (χ3n) is 6.02. The molecule has 5 aromatic rings. The summed E-state index contributed by atoms with van der Waals surface area (Å²) in [5.41, 5.74) is 4.93. The van der Waals surface area contributed by atoms with Crippen molar-refractivity contribution in [2.45, 2.75) is 20.4 Å². The third kappa shape index (κ3) is 4.24. The van der Waals surface area contributed by atoms with Gasteiger partial charge >= 0.3 is 0 Å². The van der Waals surface area contributed by atoms with Crippen LogP contribution in [-0.2, 0) is 11.3 Å². The fourth-order valence-electron chi connectivity index (χ4n) is 4.28. The Morgan fingerprint density at radius 1 is 0.943 bits per heavy atom. The van der Waals surface area contributed by atoms with Gasteiger partial charge in [0.15, 0.2) is 0 Å². The Kier molecular flexibility index (Phi) is 5.97. The van der Waals surface area contributed by atoms with E-state index in [0.29, 0.717) is 16.4 Å². The SMILES string of the molecule is Cc1c(Cl)cccc1NC(=O)Cn1c(=O)cc(-c2ccccc2)c2c(C)nn(-c3ccccc3)c21. The standard InChI is InChI=1S/C28H23ClN4O2/c1-18-23(29)14-9-15-24(18)30-25(34)17-32-26(35)16-22(20-10-5-3-6-11-20)27-19(2)31-33(28(27)32)21-12-7-4-8-13-21/h3-16H,17H2,1-2H3,(H,30,34). The van der Waals surface area contributed by atoms with Gasteiger partial charge in [0.2, 0.25) is 5.91 Å². The van der Waals surface area contributed by atoms with Crippen molar-refractivity contribution in [2.75, 3.05) is 5.32 Å². The van der Waals surface area contributed by atoms with Crippen molar-refractivity contribution >= 4 is 34.2 Å². The number of amides is 1. The van der Waals surface area contributed by atoms with Gasteiger partial charge in [0, 0.05) is 22.2 Å². The van der Waals surface area contributed by atoms with E-state index in [9.17, 15) is 9.59 Å². The molecule has 0 aliphatic heterocycles. The molecule has 2 heterocycles. The van der Waals surface area contributed by atoms with Gasteiger partial charge in [-0.15, -0.1) is 0 Å². The monoisotopic (exact) mass is 482 g/mol. The number of aryl methyl sites for hydroxylation is 1. The topological polar surface area (TPSA) is 68.9 Å². The van der Waals surface area contributed by atoms with E-state index in [2.05, 4.69) is 5.32 Å². The van der Waals surface area contributed by atoms with E-state index >= 15 is 0 Å². The maximum atomic E-state index is 13.4. The normalized spacial score (nSPS) is 11.1. The zero-order chi connectivity index (χ0) is 24.5. The van der Waals surface area contributed by atoms with Crippen molar-refractivity contribution in [1.82, 2.24) is 14.3 Å². The molecule has 0 aliphatic rings. The highest BCUT2D eigenvalue weighted by atomic mass is 35.5. The Morgan fingerprint density at radius 2 is 1.63 bits per heavy atom. The number of nitrogens with one attached hydrogen (secondary N) is 1. The van der Waals surface area contributed by atoms with E-state index in [1.165, 1.54) is 4.57 Å². The second kappa shape index (κ2) is 9.24. The molecule has 0 bridgehead atoms. The van der Waals surface area contributed by atoms with Gasteiger partial charge in [0.25, 0.3) is 5.56 Å². The highest BCUT2D eigenvalue weighted by Gasteiger charge is 2.21. The highest BCUT2D eigenvalue weighted by molar-refractivity contribution is 6.31. The van der Waals surface area contributed by atoms with E-state index in [-0.39, 0.29) is 18.0 Å². The van der Waals surface area contributed by atoms with Crippen LogP contribution in [0.1, 0.15) is 11.3 Å². The first-order valence-electron chi connectivity index (χ1n) is 11.2. The molecule has 0 radical (unpaired) electrons. The number of benzene rings is 3. The van der Waals surface area contributed by atoms with Gasteiger partial charge in [-0.2, -0.15) is 5.10 Å². The van der Waals surface area contributed by atoms with E-state index in [1.54, 1.807) is 28.9 Å². The van der Waals surface area contributed by atoms with Crippen molar-refractivity contribution in [1.29, 1.82) is 0 Å². The maximum Gasteiger partial charge on any atom is 0.253 e. The quantitative estimate of drug-likeness (QED) is 0.346. The molecule has 5 rings (SSSR count). The number of fused-ring (bicyclic) bond motifs is 1. The summed E-state index contributed by atoms with van der Waals surface area (Å²) in [6.07, 6.45) is 0. The fourth-order valence-corrected chi connectivity index (χ4v) is 4.46. The Bertz CT molecular complexity index is 1610. The summed E-state index contributed by atoms with van der Waals surface area (Å²) in [5, 5.41) is 9.05. The second-order valence-electron chi connectivity index (χ2n) is 8.34. The van der Waals surface area contributed by atoms with Crippen molar-refractivity contribution in [3.05, 3.63) is 112 Å². The van der Waals surface area contributed by atoms with E-state index < -0.39 is 0 Å². The van der Waals surface area contributed by atoms with Gasteiger partial charge in [-0.3, -0.25) is 14.2 Å². The van der Waals surface area contributed by atoms with Gasteiger partial charge in [-0.05, 0) is 54.8 Å². The average molecular weight is 483 g/mol. The summed E-state index contributed by atoms with van der Waals surface area (Å²) in [5.74, 6) is -0.329. The maximum absolute atomic E-state index is 13.4. The molecule has 0 aliphatic carbocycles. The van der Waals surface area contributed by atoms with Crippen LogP contribution in [0, 0.1) is 13.8 Å². The predicted molar refractivity (Wildman–Crippen MR) is 140 cm³/mol. The van der Waals surface area contributed by atoms with Crippen LogP contribution in [0.5, 0.6) is 0 Å². The van der Waals surface area contributed by atoms with E-state index in [0.717, 1.165) is 33.5 Å². The summed E-state index contributed by atoms with van der Waals surface area (Å²) in [7, 11) is 0. The zero-order valence-electron chi connectivity index (χ0n) is 19.3. The molecule has 174 valence electrons. The summed E-state index contributed by atoms with van der Waals surface area (Å²) >= 11 is 6.21. The Balaban J connectivity index is 1.69. The number of aromatic nitrogens is 3. The van der Waals surface area contributed by atoms with Crippen LogP contribution in [0.15, 0.2) is 89.7 Å². The predicted octanol–water partition coefficient (Wildman–Crippen LogP) is 5.76. The number of rotatable bonds is 5. The highest BCUT2D eigenvalue weighted by Crippen LogP contribution is 2.31. The summed E-state index contributed by atoms with van der Waals surface area (Å²) in [4.78, 5) is 26.6. The second-order valence-corrected chi connectivity index (χ2v) is 8.75. The number of hydrogen-bond acceptors (Lipinski definition) is 3. The molecule has 0 saturated heterocycles. The number of anilines is 1. The molecule has 2 aromatic heterocycles. The van der Waals surface area contributed by atoms with E-state index in [4.69, 9.17) is 16.7 Å². The summed E-state index contributed by atoms with van der Waals surface area (Å²) in [6, 6.07) is 26.2. The first kappa shape index (κ1) is 22.6. The van der Waals surface area contributed by atoms with Gasteiger partial charge in [-0.25, -0.2) is 4.68 Å². The number of carbonyl (C=O) groups is 1. The van der Waals surface area contributed by atoms with Crippen LogP contribution in [0.3, 0.4) is 0 Å². The Morgan fingerprint density at radius 3 is 2.34 bits per heavy atom.